The Morgan fingerprint density at radius 1 is 1.36 bits per heavy atom. The minimum atomic E-state index is -2.17. The maximum absolute atomic E-state index is 9.62. The van der Waals surface area contributed by atoms with E-state index in [0.717, 1.165) is 11.8 Å². The second-order valence-corrected chi connectivity index (χ2v) is 4.50. The Morgan fingerprint density at radius 3 is 1.79 bits per heavy atom. The van der Waals surface area contributed by atoms with Crippen LogP contribution >= 0.6 is 34.8 Å². The molecule has 3 rings (SSSR count). The van der Waals surface area contributed by atoms with Gasteiger partial charge in [-0.3, -0.25) is 0 Å². The van der Waals surface area contributed by atoms with Crippen molar-refractivity contribution in [3.8, 4) is 11.8 Å². The van der Waals surface area contributed by atoms with E-state index in [1.54, 1.807) is 0 Å². The van der Waals surface area contributed by atoms with Crippen molar-refractivity contribution in [2.75, 3.05) is 0 Å². The lowest BCUT2D eigenvalue weighted by Crippen LogP contribution is -2.16. The van der Waals surface area contributed by atoms with E-state index in [-0.39, 0.29) is 0 Å². The van der Waals surface area contributed by atoms with Crippen LogP contribution in [0.2, 0.25) is 0 Å². The molecule has 1 aromatic rings. The van der Waals surface area contributed by atoms with Crippen molar-refractivity contribution in [2.24, 2.45) is 0 Å². The van der Waals surface area contributed by atoms with E-state index in [2.05, 4.69) is 4.98 Å². The van der Waals surface area contributed by atoms with E-state index in [1.807, 2.05) is 18.2 Å². The number of nitrogens with zero attached hydrogens (tertiary/aromatic N) is 1. The van der Waals surface area contributed by atoms with Crippen molar-refractivity contribution in [3.63, 3.8) is 0 Å². The van der Waals surface area contributed by atoms with E-state index in [4.69, 9.17) is 44.6 Å². The molecule has 2 bridgehead atoms. The quantitative estimate of drug-likeness (QED) is 0.736. The van der Waals surface area contributed by atoms with Crippen LogP contribution in [0.15, 0.2) is 18.2 Å². The van der Waals surface area contributed by atoms with Gasteiger partial charge in [-0.15, -0.1) is 0 Å². The average molecular weight is 256 g/mol. The van der Waals surface area contributed by atoms with Crippen molar-refractivity contribution in [2.45, 2.75) is 3.79 Å². The molecular weight excluding hydrogens is 252 g/mol. The van der Waals surface area contributed by atoms with Crippen molar-refractivity contribution in [1.82, 2.24) is 4.98 Å². The van der Waals surface area contributed by atoms with E-state index >= 15 is 0 Å². The highest BCUT2D eigenvalue weighted by atomic mass is 35.6. The van der Waals surface area contributed by atoms with Crippen LogP contribution in [0.1, 0.15) is 0 Å². The zero-order valence-corrected chi connectivity index (χ0v) is 8.84. The predicted octanol–water partition coefficient (Wildman–Crippen LogP) is 2.63. The maximum atomic E-state index is 9.62. The second-order valence-electron chi connectivity index (χ2n) is 2.22. The van der Waals surface area contributed by atoms with E-state index in [9.17, 15) is 4.79 Å². The van der Waals surface area contributed by atoms with Gasteiger partial charge in [0.2, 0.25) is 11.8 Å². The number of pyridine rings is 1. The first kappa shape index (κ1) is 11.4. The summed E-state index contributed by atoms with van der Waals surface area (Å²) in [6, 6.07) is 5.57. The minimum Gasteiger partial charge on any atom is -0.478 e. The molecular formula is C7H4Cl3NO3. The van der Waals surface area contributed by atoms with Crippen molar-refractivity contribution < 1.29 is 14.6 Å². The number of fused-ring (bicyclic) bond motifs is 2. The first-order valence-electron chi connectivity index (χ1n) is 3.34. The number of carboxylic acids is 1. The molecule has 0 spiro atoms. The monoisotopic (exact) mass is 255 g/mol. The van der Waals surface area contributed by atoms with Crippen LogP contribution in [0.25, 0.3) is 0 Å². The number of hydrogen-bond acceptors (Lipinski definition) is 3. The Bertz CT molecular complexity index is 326. The molecule has 0 atom stereocenters. The summed E-state index contributed by atoms with van der Waals surface area (Å²) in [6.07, 6.45) is 0. The molecule has 0 fully saturated rings. The highest BCUT2D eigenvalue weighted by molar-refractivity contribution is 6.75. The van der Waals surface area contributed by atoms with Gasteiger partial charge in [0.1, 0.15) is 0 Å². The van der Waals surface area contributed by atoms with Gasteiger partial charge in [-0.05, 0) is 0 Å². The Morgan fingerprint density at radius 2 is 1.71 bits per heavy atom. The standard InChI is InChI=1S/C5H3NO.C2HCl3O2/c1-2-4-6-5(3-1)7-4;3-2(4,5)1(6)7/h1-3H;(H,6,7). The van der Waals surface area contributed by atoms with Gasteiger partial charge in [0.05, 0.1) is 0 Å². The number of alkyl halides is 3. The van der Waals surface area contributed by atoms with Gasteiger partial charge in [0.15, 0.2) is 0 Å². The molecule has 0 saturated carbocycles. The average Bonchev–Trinajstić information content (AvgIpc) is 2.03. The SMILES string of the molecule is O=C(O)C(Cl)(Cl)Cl.c1cc2nc(c1)O2. The lowest BCUT2D eigenvalue weighted by molar-refractivity contribution is -0.135. The molecule has 76 valence electrons. The highest BCUT2D eigenvalue weighted by Gasteiger charge is 2.29. The number of ether oxygens (including phenoxy) is 1. The van der Waals surface area contributed by atoms with Crippen molar-refractivity contribution in [1.29, 1.82) is 0 Å². The first-order valence-corrected chi connectivity index (χ1v) is 4.48. The number of aromatic nitrogens is 1. The molecule has 0 aliphatic carbocycles. The molecule has 2 aliphatic heterocycles. The summed E-state index contributed by atoms with van der Waals surface area (Å²) in [5, 5.41) is 7.85. The van der Waals surface area contributed by atoms with Gasteiger partial charge in [-0.2, -0.15) is 4.98 Å². The fourth-order valence-electron chi connectivity index (χ4n) is 0.578. The number of carbonyl (C=O) groups is 1. The zero-order valence-electron chi connectivity index (χ0n) is 6.58. The third-order valence-electron chi connectivity index (χ3n) is 1.15. The highest BCUT2D eigenvalue weighted by Crippen LogP contribution is 2.27. The normalized spacial score (nSPS) is 11.6. The Hall–Kier alpha value is -0.710. The summed E-state index contributed by atoms with van der Waals surface area (Å²) in [5.41, 5.74) is 0. The third-order valence-corrected chi connectivity index (χ3v) is 1.63. The molecule has 1 aromatic heterocycles. The van der Waals surface area contributed by atoms with Gasteiger partial charge in [0, 0.05) is 12.1 Å². The first-order chi connectivity index (χ1) is 6.39. The number of halogens is 3. The Balaban J connectivity index is 0.000000140. The molecule has 0 aromatic carbocycles. The Kier molecular flexibility index (Phi) is 3.42. The van der Waals surface area contributed by atoms with Crippen molar-refractivity contribution >= 4 is 40.8 Å². The fourth-order valence-corrected chi connectivity index (χ4v) is 0.578. The van der Waals surface area contributed by atoms with Crippen LogP contribution < -0.4 is 4.74 Å². The molecule has 0 unspecified atom stereocenters. The minimum absolute atomic E-state index is 0.734. The largest absolute Gasteiger partial charge is 0.478 e. The summed E-state index contributed by atoms with van der Waals surface area (Å²) in [7, 11) is 0. The van der Waals surface area contributed by atoms with E-state index in [0.29, 0.717) is 0 Å². The molecule has 0 saturated heterocycles. The van der Waals surface area contributed by atoms with Crippen LogP contribution in [-0.2, 0) is 4.79 Å². The second kappa shape index (κ2) is 4.21. The number of carboxylic acid groups (broad SMARTS) is 1. The van der Waals surface area contributed by atoms with E-state index < -0.39 is 9.76 Å². The third kappa shape index (κ3) is 3.21. The molecule has 4 nitrogen and oxygen atoms in total. The number of rotatable bonds is 0. The van der Waals surface area contributed by atoms with Gasteiger partial charge in [0.25, 0.3) is 3.79 Å². The topological polar surface area (TPSA) is 59.4 Å². The van der Waals surface area contributed by atoms with Gasteiger partial charge in [-0.25, -0.2) is 4.79 Å². The van der Waals surface area contributed by atoms with Crippen LogP contribution in [0.3, 0.4) is 0 Å². The molecule has 14 heavy (non-hydrogen) atoms. The lowest BCUT2D eigenvalue weighted by Gasteiger charge is -2.11. The van der Waals surface area contributed by atoms with Crippen LogP contribution in [-0.4, -0.2) is 19.9 Å². The van der Waals surface area contributed by atoms with Crippen LogP contribution in [0.5, 0.6) is 11.8 Å². The number of hydrogen-bond donors (Lipinski definition) is 1. The molecule has 0 amide bonds. The summed E-state index contributed by atoms with van der Waals surface area (Å²) in [5.74, 6) is 0.00694. The zero-order chi connectivity index (χ0) is 10.8. The lowest BCUT2D eigenvalue weighted by atomic mass is 10.4. The molecule has 0 radical (unpaired) electrons. The molecule has 2 aliphatic rings. The van der Waals surface area contributed by atoms with Crippen molar-refractivity contribution in [3.05, 3.63) is 18.2 Å². The maximum Gasteiger partial charge on any atom is 0.356 e. The summed E-state index contributed by atoms with van der Waals surface area (Å²) >= 11 is 14.4. The van der Waals surface area contributed by atoms with Gasteiger partial charge >= 0.3 is 5.97 Å². The summed E-state index contributed by atoms with van der Waals surface area (Å²) < 4.78 is 2.73. The molecule has 3 heterocycles. The Labute approximate surface area is 94.4 Å². The summed E-state index contributed by atoms with van der Waals surface area (Å²) in [4.78, 5) is 13.5. The van der Waals surface area contributed by atoms with Crippen LogP contribution in [0, 0.1) is 0 Å². The fraction of sp³-hybridized carbons (Fsp3) is 0.143. The van der Waals surface area contributed by atoms with E-state index in [1.165, 1.54) is 0 Å². The number of aliphatic carboxylic acids is 1. The molecule has 7 heteroatoms. The smallest absolute Gasteiger partial charge is 0.356 e. The van der Waals surface area contributed by atoms with Gasteiger partial charge < -0.3 is 9.84 Å². The van der Waals surface area contributed by atoms with Gasteiger partial charge in [-0.1, -0.05) is 40.9 Å². The predicted molar refractivity (Wildman–Crippen MR) is 52.2 cm³/mol. The van der Waals surface area contributed by atoms with Crippen LogP contribution in [0.4, 0.5) is 0 Å². The molecule has 1 N–H and O–H groups in total. The summed E-state index contributed by atoms with van der Waals surface area (Å²) in [6.45, 7) is 0.